The van der Waals surface area contributed by atoms with Crippen LogP contribution in [0.3, 0.4) is 0 Å². The molecule has 5 rings (SSSR count). The summed E-state index contributed by atoms with van der Waals surface area (Å²) < 4.78 is 2.02. The quantitative estimate of drug-likeness (QED) is 0.259. The number of hydrogen-bond donors (Lipinski definition) is 0. The van der Waals surface area contributed by atoms with Gasteiger partial charge < -0.3 is 4.90 Å². The molecular weight excluding hydrogens is 596 g/mol. The number of allylic oxidation sites excluding steroid dienone is 3. The average molecular weight is 618 g/mol. The molecule has 3 aromatic rings. The topological polar surface area (TPSA) is 32.7 Å². The van der Waals surface area contributed by atoms with Crippen molar-refractivity contribution in [3.63, 3.8) is 0 Å². The molecule has 3 nitrogen and oxygen atoms in total. The van der Waals surface area contributed by atoms with Crippen molar-refractivity contribution in [2.45, 2.75) is 13.0 Å². The molecule has 178 valence electrons. The van der Waals surface area contributed by atoms with Gasteiger partial charge in [-0.2, -0.15) is 0 Å². The van der Waals surface area contributed by atoms with Crippen LogP contribution in [-0.4, -0.2) is 15.9 Å². The van der Waals surface area contributed by atoms with Crippen molar-refractivity contribution < 1.29 is 4.79 Å². The number of carbonyl (C=O) groups excluding carboxylic acids is 1. The van der Waals surface area contributed by atoms with Crippen molar-refractivity contribution in [3.05, 3.63) is 139 Å². The molecule has 0 spiro atoms. The van der Waals surface area contributed by atoms with Gasteiger partial charge in [0, 0.05) is 14.6 Å². The monoisotopic (exact) mass is 616 g/mol. The third-order valence-electron chi connectivity index (χ3n) is 5.93. The van der Waals surface area contributed by atoms with Crippen LogP contribution in [0.4, 0.5) is 0 Å². The fourth-order valence-corrected chi connectivity index (χ4v) is 5.59. The van der Waals surface area contributed by atoms with Gasteiger partial charge in [0.05, 0.1) is 17.3 Å². The highest BCUT2D eigenvalue weighted by atomic mass is 79.9. The molecule has 1 unspecified atom stereocenters. The Bertz CT molecular complexity index is 1440. The van der Waals surface area contributed by atoms with Crippen molar-refractivity contribution in [2.24, 2.45) is 4.99 Å². The maximum absolute atomic E-state index is 13.9. The molecule has 3 aromatic carbocycles. The molecule has 0 N–H and O–H groups in total. The Labute approximate surface area is 232 Å². The molecule has 1 atom stereocenters. The van der Waals surface area contributed by atoms with Crippen LogP contribution in [0.5, 0.6) is 0 Å². The molecular formula is C30H22Br2N2OS. The summed E-state index contributed by atoms with van der Waals surface area (Å²) in [6.45, 7) is 2.06. The number of hydrogen-bond acceptors (Lipinski definition) is 4. The molecule has 2 aliphatic rings. The van der Waals surface area contributed by atoms with E-state index in [1.807, 2.05) is 85.0 Å². The fourth-order valence-electron chi connectivity index (χ4n) is 4.15. The lowest BCUT2D eigenvalue weighted by Gasteiger charge is -2.35. The summed E-state index contributed by atoms with van der Waals surface area (Å²) in [5.41, 5.74) is 5.46. The van der Waals surface area contributed by atoms with E-state index < -0.39 is 0 Å². The Kier molecular flexibility index (Phi) is 7.56. The van der Waals surface area contributed by atoms with Gasteiger partial charge >= 0.3 is 0 Å². The second-order valence-electron chi connectivity index (χ2n) is 8.39. The van der Waals surface area contributed by atoms with E-state index in [0.29, 0.717) is 11.3 Å². The lowest BCUT2D eigenvalue weighted by atomic mass is 9.90. The highest BCUT2D eigenvalue weighted by Crippen LogP contribution is 2.44. The van der Waals surface area contributed by atoms with Crippen LogP contribution in [0.15, 0.2) is 127 Å². The summed E-state index contributed by atoms with van der Waals surface area (Å²) >= 11 is 8.54. The van der Waals surface area contributed by atoms with E-state index in [0.717, 1.165) is 36.5 Å². The van der Waals surface area contributed by atoms with E-state index in [9.17, 15) is 4.79 Å². The van der Waals surface area contributed by atoms with Crippen molar-refractivity contribution in [1.82, 2.24) is 4.90 Å². The molecule has 0 amide bonds. The van der Waals surface area contributed by atoms with E-state index in [2.05, 4.69) is 61.2 Å². The first-order valence-electron chi connectivity index (χ1n) is 11.4. The molecule has 2 aliphatic heterocycles. The summed E-state index contributed by atoms with van der Waals surface area (Å²) in [5.74, 6) is -0.0604. The Morgan fingerprint density at radius 1 is 0.861 bits per heavy atom. The minimum absolute atomic E-state index is 0.0604. The smallest absolute Gasteiger partial charge is 0.186 e. The maximum atomic E-state index is 13.9. The first-order valence-corrected chi connectivity index (χ1v) is 13.9. The number of ketones is 1. The highest BCUT2D eigenvalue weighted by Gasteiger charge is 2.38. The second-order valence-corrected chi connectivity index (χ2v) is 11.1. The lowest BCUT2D eigenvalue weighted by Crippen LogP contribution is -2.35. The predicted molar refractivity (Wildman–Crippen MR) is 158 cm³/mol. The van der Waals surface area contributed by atoms with Crippen LogP contribution >= 0.6 is 43.6 Å². The van der Waals surface area contributed by atoms with Crippen molar-refractivity contribution in [3.8, 4) is 0 Å². The van der Waals surface area contributed by atoms with Crippen LogP contribution in [-0.2, 0) is 4.79 Å². The molecule has 0 saturated heterocycles. The zero-order valence-electron chi connectivity index (χ0n) is 19.4. The summed E-state index contributed by atoms with van der Waals surface area (Å²) in [4.78, 5) is 21.0. The number of carbonyl (C=O) groups is 1. The van der Waals surface area contributed by atoms with Gasteiger partial charge in [0.25, 0.3) is 0 Å². The van der Waals surface area contributed by atoms with Gasteiger partial charge in [-0.1, -0.05) is 110 Å². The first-order chi connectivity index (χ1) is 17.5. The molecule has 0 bridgehead atoms. The van der Waals surface area contributed by atoms with E-state index >= 15 is 0 Å². The van der Waals surface area contributed by atoms with Gasteiger partial charge in [0.15, 0.2) is 11.0 Å². The van der Waals surface area contributed by atoms with Crippen LogP contribution in [0.2, 0.25) is 0 Å². The van der Waals surface area contributed by atoms with Gasteiger partial charge in [0.2, 0.25) is 0 Å². The van der Waals surface area contributed by atoms with Crippen LogP contribution in [0.25, 0.3) is 12.2 Å². The number of fused-ring (bicyclic) bond motifs is 1. The number of aliphatic imine (C=N–C) groups is 1. The van der Waals surface area contributed by atoms with Gasteiger partial charge in [0.1, 0.15) is 0 Å². The Balaban J connectivity index is 1.62. The van der Waals surface area contributed by atoms with Crippen LogP contribution in [0, 0.1) is 0 Å². The van der Waals surface area contributed by atoms with E-state index in [-0.39, 0.29) is 11.8 Å². The minimum Gasteiger partial charge on any atom is -0.312 e. The van der Waals surface area contributed by atoms with Crippen molar-refractivity contribution in [1.29, 1.82) is 0 Å². The summed E-state index contributed by atoms with van der Waals surface area (Å²) in [7, 11) is 0. The fraction of sp³-hybridized carbons (Fsp3) is 0.0667. The van der Waals surface area contributed by atoms with E-state index in [1.165, 1.54) is 0 Å². The zero-order valence-corrected chi connectivity index (χ0v) is 23.4. The second kappa shape index (κ2) is 11.0. The van der Waals surface area contributed by atoms with E-state index in [4.69, 9.17) is 4.99 Å². The summed E-state index contributed by atoms with van der Waals surface area (Å²) in [6.07, 6.45) is 7.49. The van der Waals surface area contributed by atoms with Crippen molar-refractivity contribution in [2.75, 3.05) is 0 Å². The Morgan fingerprint density at radius 3 is 2.11 bits per heavy atom. The molecule has 0 saturated carbocycles. The standard InChI is InChI=1S/C30H22Br2N2OS/c1-20-19-36-30-33-26(17-11-21-7-13-24(31)14-8-21)28(29(34(20)30)23-5-3-2-4-6-23)27(35)18-12-22-9-15-25(32)16-10-22/h2-19,29H,1H3/b17-11+,18-12+. The Hall–Kier alpha value is -2.93. The number of thioether (sulfide) groups is 1. The summed E-state index contributed by atoms with van der Waals surface area (Å²) in [6, 6.07) is 25.9. The molecule has 0 aliphatic carbocycles. The number of nitrogens with zero attached hydrogens (tertiary/aromatic N) is 2. The van der Waals surface area contributed by atoms with Gasteiger partial charge in [-0.25, -0.2) is 4.99 Å². The Morgan fingerprint density at radius 2 is 1.47 bits per heavy atom. The third kappa shape index (κ3) is 5.41. The average Bonchev–Trinajstić information content (AvgIpc) is 3.27. The number of amidine groups is 1. The zero-order chi connectivity index (χ0) is 25.1. The maximum Gasteiger partial charge on any atom is 0.186 e. The van der Waals surface area contributed by atoms with Crippen molar-refractivity contribution >= 4 is 66.7 Å². The number of halogens is 2. The number of benzene rings is 3. The van der Waals surface area contributed by atoms with Gasteiger partial charge in [-0.3, -0.25) is 4.79 Å². The SMILES string of the molecule is CC1=CSC2=NC(/C=C/c3ccc(Br)cc3)=C(C(=O)/C=C/c3ccc(Br)cc3)C(c3ccccc3)N12. The summed E-state index contributed by atoms with van der Waals surface area (Å²) in [5, 5.41) is 2.97. The largest absolute Gasteiger partial charge is 0.312 e. The molecule has 6 heteroatoms. The normalized spacial score (nSPS) is 17.5. The molecule has 0 aromatic heterocycles. The lowest BCUT2D eigenvalue weighted by molar-refractivity contribution is -0.111. The molecule has 0 radical (unpaired) electrons. The van der Waals surface area contributed by atoms with Crippen LogP contribution < -0.4 is 0 Å². The first kappa shape index (κ1) is 24.8. The van der Waals surface area contributed by atoms with Crippen LogP contribution in [0.1, 0.15) is 29.7 Å². The molecule has 36 heavy (non-hydrogen) atoms. The molecule has 2 heterocycles. The minimum atomic E-state index is -0.267. The van der Waals surface area contributed by atoms with Gasteiger partial charge in [-0.05, 0) is 65.4 Å². The van der Waals surface area contributed by atoms with Gasteiger partial charge in [-0.15, -0.1) is 0 Å². The number of rotatable bonds is 6. The highest BCUT2D eigenvalue weighted by molar-refractivity contribution is 9.10. The molecule has 0 fully saturated rings. The third-order valence-corrected chi connectivity index (χ3v) is 7.94. The van der Waals surface area contributed by atoms with E-state index in [1.54, 1.807) is 17.8 Å². The predicted octanol–water partition coefficient (Wildman–Crippen LogP) is 8.78.